The molecule has 0 saturated heterocycles. The first-order valence-corrected chi connectivity index (χ1v) is 10.8. The van der Waals surface area contributed by atoms with Gasteiger partial charge in [-0.05, 0) is 36.3 Å². The van der Waals surface area contributed by atoms with Crippen molar-refractivity contribution in [2.75, 3.05) is 12.9 Å². The summed E-state index contributed by atoms with van der Waals surface area (Å²) in [6, 6.07) is 11.0. The molecule has 0 heterocycles. The highest BCUT2D eigenvalue weighted by Crippen LogP contribution is 2.36. The fourth-order valence-corrected chi connectivity index (χ4v) is 4.02. The molecule has 0 aromatic heterocycles. The largest absolute Gasteiger partial charge is 0.466 e. The number of methoxy groups -OCH3 is 1. The normalized spacial score (nSPS) is 13.4. The van der Waals surface area contributed by atoms with Gasteiger partial charge in [-0.2, -0.15) is 21.6 Å². The van der Waals surface area contributed by atoms with Crippen LogP contribution in [0.15, 0.2) is 48.0 Å². The zero-order valence-electron chi connectivity index (χ0n) is 16.4. The van der Waals surface area contributed by atoms with E-state index in [4.69, 9.17) is 13.7 Å². The summed E-state index contributed by atoms with van der Waals surface area (Å²) in [5, 5.41) is 0. The molecular formula is C21H19F3O6S. The number of halogens is 3. The molecule has 6 nitrogen and oxygen atoms in total. The lowest BCUT2D eigenvalue weighted by molar-refractivity contribution is -0.136. The number of ether oxygens (including phenoxy) is 2. The van der Waals surface area contributed by atoms with Crippen LogP contribution < -0.4 is 8.92 Å². The molecule has 1 aliphatic rings. The summed E-state index contributed by atoms with van der Waals surface area (Å²) >= 11 is 0. The Morgan fingerprint density at radius 1 is 1.10 bits per heavy atom. The zero-order chi connectivity index (χ0) is 22.6. The van der Waals surface area contributed by atoms with Gasteiger partial charge in [-0.25, -0.2) is 4.79 Å². The first-order chi connectivity index (χ1) is 14.6. The molecule has 2 aromatic rings. The third kappa shape index (κ3) is 6.24. The highest BCUT2D eigenvalue weighted by atomic mass is 32.2. The predicted molar refractivity (Wildman–Crippen MR) is 106 cm³/mol. The summed E-state index contributed by atoms with van der Waals surface area (Å²) in [5.41, 5.74) is 2.06. The van der Waals surface area contributed by atoms with E-state index < -0.39 is 40.9 Å². The standard InChI is InChI=1S/C21H19F3O6S/c1-28-20(25)15-11-14-5-2-8-19(18(14)12-15)29-16-6-3-7-17(13-16)30-31(26,27)10-4-9-21(22,23)24/h2-3,5-8,12-13H,4,9-11H2,1H3. The van der Waals surface area contributed by atoms with Crippen LogP contribution in [0.2, 0.25) is 0 Å². The number of fused-ring (bicyclic) bond motifs is 1. The Bertz CT molecular complexity index is 1110. The molecule has 0 amide bonds. The summed E-state index contributed by atoms with van der Waals surface area (Å²) < 4.78 is 76.1. The number of benzene rings is 2. The van der Waals surface area contributed by atoms with Crippen molar-refractivity contribution in [1.29, 1.82) is 0 Å². The second-order valence-corrected chi connectivity index (χ2v) is 8.50. The highest BCUT2D eigenvalue weighted by Gasteiger charge is 2.28. The maximum atomic E-state index is 12.2. The fourth-order valence-electron chi connectivity index (χ4n) is 3.04. The quantitative estimate of drug-likeness (QED) is 0.425. The van der Waals surface area contributed by atoms with E-state index in [1.165, 1.54) is 25.3 Å². The van der Waals surface area contributed by atoms with Crippen LogP contribution in [-0.4, -0.2) is 33.4 Å². The molecule has 0 unspecified atom stereocenters. The van der Waals surface area contributed by atoms with Gasteiger partial charge in [-0.15, -0.1) is 0 Å². The van der Waals surface area contributed by atoms with Gasteiger partial charge in [0.1, 0.15) is 17.2 Å². The molecule has 0 spiro atoms. The number of hydrogen-bond acceptors (Lipinski definition) is 6. The molecule has 31 heavy (non-hydrogen) atoms. The van der Waals surface area contributed by atoms with Crippen molar-refractivity contribution in [3.05, 3.63) is 59.2 Å². The van der Waals surface area contributed by atoms with Crippen molar-refractivity contribution < 1.29 is 40.0 Å². The lowest BCUT2D eigenvalue weighted by atomic mass is 10.1. The van der Waals surface area contributed by atoms with Crippen molar-refractivity contribution in [3.63, 3.8) is 0 Å². The Labute approximate surface area is 177 Å². The number of hydrogen-bond donors (Lipinski definition) is 0. The number of rotatable bonds is 8. The van der Waals surface area contributed by atoms with Crippen LogP contribution in [0.4, 0.5) is 13.2 Å². The van der Waals surface area contributed by atoms with Gasteiger partial charge in [-0.1, -0.05) is 18.2 Å². The Hall–Kier alpha value is -3.01. The van der Waals surface area contributed by atoms with Crippen molar-refractivity contribution in [3.8, 4) is 17.2 Å². The maximum absolute atomic E-state index is 12.2. The van der Waals surface area contributed by atoms with Gasteiger partial charge in [0.15, 0.2) is 0 Å². The van der Waals surface area contributed by atoms with Gasteiger partial charge >= 0.3 is 22.3 Å². The van der Waals surface area contributed by atoms with Gasteiger partial charge in [0.25, 0.3) is 0 Å². The first kappa shape index (κ1) is 22.7. The van der Waals surface area contributed by atoms with E-state index in [1.807, 2.05) is 6.07 Å². The minimum atomic E-state index is -4.43. The van der Waals surface area contributed by atoms with E-state index in [1.54, 1.807) is 24.3 Å². The minimum Gasteiger partial charge on any atom is -0.466 e. The molecule has 0 saturated carbocycles. The molecule has 0 aliphatic heterocycles. The fraction of sp³-hybridized carbons (Fsp3) is 0.286. The SMILES string of the molecule is COC(=O)C1=Cc2c(cccc2Oc2cccc(OS(=O)(=O)CCCC(F)(F)F)c2)C1. The number of alkyl halides is 3. The van der Waals surface area contributed by atoms with Crippen LogP contribution in [-0.2, 0) is 26.1 Å². The Morgan fingerprint density at radius 2 is 1.81 bits per heavy atom. The van der Waals surface area contributed by atoms with Crippen LogP contribution in [0, 0.1) is 0 Å². The third-order valence-corrected chi connectivity index (χ3v) is 5.65. The second-order valence-electron chi connectivity index (χ2n) is 6.81. The molecule has 3 rings (SSSR count). The summed E-state index contributed by atoms with van der Waals surface area (Å²) in [7, 11) is -2.89. The number of esters is 1. The first-order valence-electron chi connectivity index (χ1n) is 9.24. The topological polar surface area (TPSA) is 78.9 Å². The molecule has 166 valence electrons. The molecule has 0 fully saturated rings. The maximum Gasteiger partial charge on any atom is 0.389 e. The summed E-state index contributed by atoms with van der Waals surface area (Å²) in [6.45, 7) is 0. The summed E-state index contributed by atoms with van der Waals surface area (Å²) in [6.07, 6.45) is -4.16. The molecular weight excluding hydrogens is 437 g/mol. The van der Waals surface area contributed by atoms with Crippen LogP contribution in [0.25, 0.3) is 6.08 Å². The van der Waals surface area contributed by atoms with Crippen LogP contribution >= 0.6 is 0 Å². The minimum absolute atomic E-state index is 0.0807. The smallest absolute Gasteiger partial charge is 0.389 e. The van der Waals surface area contributed by atoms with Crippen LogP contribution in [0.1, 0.15) is 24.0 Å². The number of carbonyl (C=O) groups excluding carboxylic acids is 1. The van der Waals surface area contributed by atoms with Crippen LogP contribution in [0.3, 0.4) is 0 Å². The highest BCUT2D eigenvalue weighted by molar-refractivity contribution is 7.87. The third-order valence-electron chi connectivity index (χ3n) is 4.41. The van der Waals surface area contributed by atoms with Gasteiger partial charge in [0.2, 0.25) is 0 Å². The molecule has 10 heteroatoms. The van der Waals surface area contributed by atoms with E-state index in [0.29, 0.717) is 23.3 Å². The van der Waals surface area contributed by atoms with E-state index in [9.17, 15) is 26.4 Å². The predicted octanol–water partition coefficient (Wildman–Crippen LogP) is 4.64. The van der Waals surface area contributed by atoms with Crippen molar-refractivity contribution in [2.45, 2.75) is 25.4 Å². The average molecular weight is 456 g/mol. The lowest BCUT2D eigenvalue weighted by Gasteiger charge is -2.12. The molecule has 0 bridgehead atoms. The molecule has 1 aliphatic carbocycles. The average Bonchev–Trinajstić information content (AvgIpc) is 3.11. The lowest BCUT2D eigenvalue weighted by Crippen LogP contribution is -2.16. The van der Waals surface area contributed by atoms with E-state index >= 15 is 0 Å². The Balaban J connectivity index is 1.72. The van der Waals surface area contributed by atoms with Crippen molar-refractivity contribution in [1.82, 2.24) is 0 Å². The second kappa shape index (κ2) is 9.01. The van der Waals surface area contributed by atoms with Crippen LogP contribution in [0.5, 0.6) is 17.2 Å². The summed E-state index contributed by atoms with van der Waals surface area (Å²) in [5.74, 6) is -0.570. The zero-order valence-corrected chi connectivity index (χ0v) is 17.3. The Kier molecular flexibility index (Phi) is 6.59. The van der Waals surface area contributed by atoms with Crippen molar-refractivity contribution >= 4 is 22.2 Å². The summed E-state index contributed by atoms with van der Waals surface area (Å²) in [4.78, 5) is 11.8. The van der Waals surface area contributed by atoms with Gasteiger partial charge in [0.05, 0.1) is 12.9 Å². The molecule has 2 aromatic carbocycles. The van der Waals surface area contributed by atoms with Gasteiger partial charge in [-0.3, -0.25) is 0 Å². The monoisotopic (exact) mass is 456 g/mol. The van der Waals surface area contributed by atoms with Crippen molar-refractivity contribution in [2.24, 2.45) is 0 Å². The molecule has 0 N–H and O–H groups in total. The van der Waals surface area contributed by atoms with E-state index in [0.717, 1.165) is 5.56 Å². The number of carbonyl (C=O) groups is 1. The van der Waals surface area contributed by atoms with Gasteiger partial charge in [0, 0.05) is 30.0 Å². The Morgan fingerprint density at radius 3 is 2.52 bits per heavy atom. The van der Waals surface area contributed by atoms with E-state index in [-0.39, 0.29) is 11.5 Å². The van der Waals surface area contributed by atoms with Gasteiger partial charge < -0.3 is 13.7 Å². The van der Waals surface area contributed by atoms with E-state index in [2.05, 4.69) is 0 Å². The molecule has 0 radical (unpaired) electrons. The molecule has 0 atom stereocenters.